The average molecular weight is 393 g/mol. The molecule has 1 aliphatic heterocycles. The highest BCUT2D eigenvalue weighted by molar-refractivity contribution is 7.92. The van der Waals surface area contributed by atoms with Crippen LogP contribution in [0.25, 0.3) is 0 Å². The van der Waals surface area contributed by atoms with Crippen LogP contribution in [0.5, 0.6) is 0 Å². The second-order valence-electron chi connectivity index (χ2n) is 6.45. The Labute approximate surface area is 159 Å². The standard InChI is InChI=1S/C19H21ClN2O3S/c1-14-5-8-16(9-6-14)26(24,25)21(2)15-7-10-17(18(20)13-15)19(23)22-11-3-4-12-22/h5-10,13H,3-4,11-12H2,1-2H3. The van der Waals surface area contributed by atoms with E-state index in [1.807, 2.05) is 6.92 Å². The maximum atomic E-state index is 12.8. The molecule has 0 unspecified atom stereocenters. The first-order valence-electron chi connectivity index (χ1n) is 8.45. The minimum absolute atomic E-state index is 0.108. The van der Waals surface area contributed by atoms with E-state index in [2.05, 4.69) is 0 Å². The van der Waals surface area contributed by atoms with Gasteiger partial charge in [0, 0.05) is 20.1 Å². The number of rotatable bonds is 4. The summed E-state index contributed by atoms with van der Waals surface area (Å²) in [4.78, 5) is 14.5. The fourth-order valence-electron chi connectivity index (χ4n) is 2.97. The van der Waals surface area contributed by atoms with Crippen molar-refractivity contribution in [1.82, 2.24) is 4.90 Å². The number of likely N-dealkylation sites (tertiary alicyclic amines) is 1. The third-order valence-electron chi connectivity index (χ3n) is 4.62. The van der Waals surface area contributed by atoms with Gasteiger partial charge in [-0.1, -0.05) is 29.3 Å². The summed E-state index contributed by atoms with van der Waals surface area (Å²) >= 11 is 6.29. The third kappa shape index (κ3) is 3.57. The molecular weight excluding hydrogens is 372 g/mol. The molecule has 0 N–H and O–H groups in total. The van der Waals surface area contributed by atoms with E-state index in [1.54, 1.807) is 41.3 Å². The summed E-state index contributed by atoms with van der Waals surface area (Å²) in [7, 11) is -2.22. The van der Waals surface area contributed by atoms with Crippen molar-refractivity contribution in [2.24, 2.45) is 0 Å². The maximum absolute atomic E-state index is 12.8. The molecule has 0 radical (unpaired) electrons. The van der Waals surface area contributed by atoms with Gasteiger partial charge in [0.05, 0.1) is 21.2 Å². The zero-order valence-electron chi connectivity index (χ0n) is 14.8. The predicted molar refractivity (Wildman–Crippen MR) is 103 cm³/mol. The van der Waals surface area contributed by atoms with E-state index >= 15 is 0 Å². The molecular formula is C19H21ClN2O3S. The van der Waals surface area contributed by atoms with Gasteiger partial charge >= 0.3 is 0 Å². The van der Waals surface area contributed by atoms with Crippen LogP contribution in [0.3, 0.4) is 0 Å². The number of aryl methyl sites for hydroxylation is 1. The number of sulfonamides is 1. The van der Waals surface area contributed by atoms with Crippen LogP contribution < -0.4 is 4.31 Å². The lowest BCUT2D eigenvalue weighted by atomic mass is 10.2. The minimum Gasteiger partial charge on any atom is -0.339 e. The maximum Gasteiger partial charge on any atom is 0.264 e. The highest BCUT2D eigenvalue weighted by Crippen LogP contribution is 2.28. The topological polar surface area (TPSA) is 57.7 Å². The Balaban J connectivity index is 1.88. The number of halogens is 1. The number of anilines is 1. The van der Waals surface area contributed by atoms with Gasteiger partial charge in [0.25, 0.3) is 15.9 Å². The van der Waals surface area contributed by atoms with Crippen LogP contribution in [-0.2, 0) is 10.0 Å². The number of carbonyl (C=O) groups is 1. The Morgan fingerprint density at radius 3 is 2.27 bits per heavy atom. The van der Waals surface area contributed by atoms with Crippen molar-refractivity contribution < 1.29 is 13.2 Å². The normalized spacial score (nSPS) is 14.5. The molecule has 1 aliphatic rings. The van der Waals surface area contributed by atoms with Crippen molar-refractivity contribution in [1.29, 1.82) is 0 Å². The molecule has 138 valence electrons. The molecule has 0 atom stereocenters. The molecule has 1 fully saturated rings. The van der Waals surface area contributed by atoms with Crippen molar-refractivity contribution in [3.8, 4) is 0 Å². The molecule has 1 heterocycles. The molecule has 2 aromatic rings. The van der Waals surface area contributed by atoms with E-state index < -0.39 is 10.0 Å². The van der Waals surface area contributed by atoms with Gasteiger partial charge in [-0.15, -0.1) is 0 Å². The summed E-state index contributed by atoms with van der Waals surface area (Å²) in [6.45, 7) is 3.37. The highest BCUT2D eigenvalue weighted by atomic mass is 35.5. The van der Waals surface area contributed by atoms with Gasteiger partial charge in [0.15, 0.2) is 0 Å². The van der Waals surface area contributed by atoms with E-state index in [1.165, 1.54) is 17.4 Å². The van der Waals surface area contributed by atoms with Crippen LogP contribution >= 0.6 is 11.6 Å². The Bertz CT molecular complexity index is 920. The van der Waals surface area contributed by atoms with E-state index in [-0.39, 0.29) is 15.8 Å². The van der Waals surface area contributed by atoms with Crippen LogP contribution in [0.1, 0.15) is 28.8 Å². The molecule has 0 bridgehead atoms. The molecule has 0 spiro atoms. The summed E-state index contributed by atoms with van der Waals surface area (Å²) in [5.74, 6) is -0.108. The molecule has 1 saturated heterocycles. The van der Waals surface area contributed by atoms with E-state index in [4.69, 9.17) is 11.6 Å². The molecule has 3 rings (SSSR count). The quantitative estimate of drug-likeness (QED) is 0.796. The Morgan fingerprint density at radius 2 is 1.69 bits per heavy atom. The smallest absolute Gasteiger partial charge is 0.264 e. The lowest BCUT2D eigenvalue weighted by Crippen LogP contribution is -2.28. The summed E-state index contributed by atoms with van der Waals surface area (Å²) < 4.78 is 26.8. The Kier molecular flexibility index (Phi) is 5.25. The molecule has 0 saturated carbocycles. The number of hydrogen-bond donors (Lipinski definition) is 0. The van der Waals surface area contributed by atoms with E-state index in [0.717, 1.165) is 31.5 Å². The summed E-state index contributed by atoms with van der Waals surface area (Å²) in [6, 6.07) is 11.4. The van der Waals surface area contributed by atoms with Crippen LogP contribution in [-0.4, -0.2) is 39.4 Å². The first kappa shape index (κ1) is 18.7. The number of hydrogen-bond acceptors (Lipinski definition) is 3. The first-order chi connectivity index (χ1) is 12.3. The molecule has 1 amide bonds. The Hall–Kier alpha value is -2.05. The van der Waals surface area contributed by atoms with Gasteiger partial charge in [0.1, 0.15) is 0 Å². The SMILES string of the molecule is Cc1ccc(S(=O)(=O)N(C)c2ccc(C(=O)N3CCCC3)c(Cl)c2)cc1. The predicted octanol–water partition coefficient (Wildman–Crippen LogP) is 3.71. The molecule has 5 nitrogen and oxygen atoms in total. The number of carbonyl (C=O) groups excluding carboxylic acids is 1. The zero-order chi connectivity index (χ0) is 18.9. The van der Waals surface area contributed by atoms with Crippen molar-refractivity contribution >= 4 is 33.2 Å². The largest absolute Gasteiger partial charge is 0.339 e. The summed E-state index contributed by atoms with van der Waals surface area (Å²) in [5, 5.41) is 0.255. The molecule has 26 heavy (non-hydrogen) atoms. The summed E-state index contributed by atoms with van der Waals surface area (Å²) in [5.41, 5.74) is 1.80. The summed E-state index contributed by atoms with van der Waals surface area (Å²) in [6.07, 6.45) is 2.00. The minimum atomic E-state index is -3.69. The second-order valence-corrected chi connectivity index (χ2v) is 8.83. The van der Waals surface area contributed by atoms with Gasteiger partial charge in [-0.2, -0.15) is 0 Å². The third-order valence-corrected chi connectivity index (χ3v) is 6.73. The second kappa shape index (κ2) is 7.29. The lowest BCUT2D eigenvalue weighted by Gasteiger charge is -2.21. The van der Waals surface area contributed by atoms with Gasteiger partial charge < -0.3 is 4.90 Å². The van der Waals surface area contributed by atoms with Crippen LogP contribution in [0, 0.1) is 6.92 Å². The lowest BCUT2D eigenvalue weighted by molar-refractivity contribution is 0.0793. The molecule has 2 aromatic carbocycles. The van der Waals surface area contributed by atoms with Gasteiger partial charge in [-0.3, -0.25) is 9.10 Å². The first-order valence-corrected chi connectivity index (χ1v) is 10.3. The van der Waals surface area contributed by atoms with Crippen molar-refractivity contribution in [2.75, 3.05) is 24.4 Å². The van der Waals surface area contributed by atoms with E-state index in [0.29, 0.717) is 11.3 Å². The molecule has 7 heteroatoms. The van der Waals surface area contributed by atoms with Crippen molar-refractivity contribution in [2.45, 2.75) is 24.7 Å². The van der Waals surface area contributed by atoms with Crippen LogP contribution in [0.2, 0.25) is 5.02 Å². The van der Waals surface area contributed by atoms with Crippen LogP contribution in [0.15, 0.2) is 47.4 Å². The molecule has 0 aromatic heterocycles. The fraction of sp³-hybridized carbons (Fsp3) is 0.316. The Morgan fingerprint density at radius 1 is 1.08 bits per heavy atom. The van der Waals surface area contributed by atoms with Gasteiger partial charge in [-0.05, 0) is 50.1 Å². The van der Waals surface area contributed by atoms with Gasteiger partial charge in [0.2, 0.25) is 0 Å². The number of benzene rings is 2. The van der Waals surface area contributed by atoms with Crippen molar-refractivity contribution in [3.63, 3.8) is 0 Å². The van der Waals surface area contributed by atoms with Crippen molar-refractivity contribution in [3.05, 3.63) is 58.6 Å². The monoisotopic (exact) mass is 392 g/mol. The average Bonchev–Trinajstić information content (AvgIpc) is 3.15. The number of amides is 1. The van der Waals surface area contributed by atoms with E-state index in [9.17, 15) is 13.2 Å². The zero-order valence-corrected chi connectivity index (χ0v) is 16.3. The number of nitrogens with zero attached hydrogens (tertiary/aromatic N) is 2. The van der Waals surface area contributed by atoms with Gasteiger partial charge in [-0.25, -0.2) is 8.42 Å². The van der Waals surface area contributed by atoms with Crippen LogP contribution in [0.4, 0.5) is 5.69 Å². The highest BCUT2D eigenvalue weighted by Gasteiger charge is 2.24. The fourth-order valence-corrected chi connectivity index (χ4v) is 4.41. The molecule has 0 aliphatic carbocycles.